The van der Waals surface area contributed by atoms with Crippen LogP contribution in [0.25, 0.3) is 10.9 Å². The number of unbranched alkanes of at least 4 members (excludes halogenated alkanes) is 1. The molecule has 0 aliphatic rings. The van der Waals surface area contributed by atoms with Gasteiger partial charge >= 0.3 is 0 Å². The maximum absolute atomic E-state index is 3.52. The van der Waals surface area contributed by atoms with Gasteiger partial charge in [0.2, 0.25) is 0 Å². The number of aryl methyl sites for hydroxylation is 1. The van der Waals surface area contributed by atoms with E-state index in [1.807, 2.05) is 7.05 Å². The summed E-state index contributed by atoms with van der Waals surface area (Å²) < 4.78 is 3.48. The quantitative estimate of drug-likeness (QED) is 0.831. The Hall–Kier alpha value is -0.800. The lowest BCUT2D eigenvalue weighted by molar-refractivity contribution is 0.602. The fraction of sp³-hybridized carbons (Fsp3) is 0.385. The summed E-state index contributed by atoms with van der Waals surface area (Å²) >= 11 is 3.52. The Bertz CT molecular complexity index is 462. The summed E-state index contributed by atoms with van der Waals surface area (Å²) in [5, 5.41) is 4.49. The van der Waals surface area contributed by atoms with E-state index in [1.165, 1.54) is 23.7 Å². The second kappa shape index (κ2) is 5.51. The molecular formula is C13H17BrN2. The van der Waals surface area contributed by atoms with Gasteiger partial charge in [0.05, 0.1) is 0 Å². The Kier molecular flexibility index (Phi) is 4.02. The fourth-order valence-corrected chi connectivity index (χ4v) is 2.28. The number of nitrogens with zero attached hydrogens (tertiary/aromatic N) is 1. The molecule has 0 amide bonds. The second-order valence-electron chi connectivity index (χ2n) is 4.02. The van der Waals surface area contributed by atoms with Crippen LogP contribution in [0.3, 0.4) is 0 Å². The van der Waals surface area contributed by atoms with Gasteiger partial charge in [0.25, 0.3) is 0 Å². The van der Waals surface area contributed by atoms with Crippen LogP contribution in [0, 0.1) is 0 Å². The zero-order valence-corrected chi connectivity index (χ0v) is 11.1. The van der Waals surface area contributed by atoms with Gasteiger partial charge in [-0.15, -0.1) is 0 Å². The first kappa shape index (κ1) is 11.7. The minimum Gasteiger partial charge on any atom is -0.347 e. The molecule has 0 atom stereocenters. The molecule has 16 heavy (non-hydrogen) atoms. The molecule has 0 radical (unpaired) electrons. The molecule has 2 nitrogen and oxygen atoms in total. The monoisotopic (exact) mass is 280 g/mol. The number of hydrogen-bond acceptors (Lipinski definition) is 1. The highest BCUT2D eigenvalue weighted by atomic mass is 79.9. The molecule has 2 aromatic rings. The van der Waals surface area contributed by atoms with Crippen molar-refractivity contribution in [3.63, 3.8) is 0 Å². The topological polar surface area (TPSA) is 17.0 Å². The number of nitrogens with one attached hydrogen (secondary N) is 1. The molecule has 0 saturated heterocycles. The summed E-state index contributed by atoms with van der Waals surface area (Å²) in [5.41, 5.74) is 1.32. The fourth-order valence-electron chi connectivity index (χ4n) is 1.94. The van der Waals surface area contributed by atoms with Crippen molar-refractivity contribution in [3.8, 4) is 0 Å². The van der Waals surface area contributed by atoms with Gasteiger partial charge in [-0.2, -0.15) is 0 Å². The minimum atomic E-state index is 1.10. The molecule has 0 aliphatic heterocycles. The van der Waals surface area contributed by atoms with Gasteiger partial charge in [0, 0.05) is 22.7 Å². The van der Waals surface area contributed by atoms with Crippen LogP contribution < -0.4 is 5.32 Å². The molecule has 1 aromatic heterocycles. The van der Waals surface area contributed by atoms with Crippen LogP contribution in [-0.2, 0) is 6.54 Å². The standard InChI is InChI=1S/C13H17BrN2/c1-15-7-2-3-8-16-9-6-11-4-5-12(14)10-13(11)16/h4-6,9-10,15H,2-3,7-8H2,1H3. The van der Waals surface area contributed by atoms with Gasteiger partial charge < -0.3 is 9.88 Å². The zero-order chi connectivity index (χ0) is 11.4. The average molecular weight is 281 g/mol. The zero-order valence-electron chi connectivity index (χ0n) is 9.54. The maximum atomic E-state index is 3.52. The van der Waals surface area contributed by atoms with Crippen molar-refractivity contribution in [1.82, 2.24) is 9.88 Å². The lowest BCUT2D eigenvalue weighted by Gasteiger charge is -2.05. The summed E-state index contributed by atoms with van der Waals surface area (Å²) in [6.45, 7) is 2.20. The summed E-state index contributed by atoms with van der Waals surface area (Å²) in [6.07, 6.45) is 4.62. The second-order valence-corrected chi connectivity index (χ2v) is 4.94. The Labute approximate surface area is 105 Å². The van der Waals surface area contributed by atoms with Gasteiger partial charge in [-0.3, -0.25) is 0 Å². The normalized spacial score (nSPS) is 11.1. The Morgan fingerprint density at radius 2 is 2.12 bits per heavy atom. The molecular weight excluding hydrogens is 264 g/mol. The first-order valence-corrected chi connectivity index (χ1v) is 6.49. The molecule has 0 spiro atoms. The predicted octanol–water partition coefficient (Wildman–Crippen LogP) is 3.40. The minimum absolute atomic E-state index is 1.10. The van der Waals surface area contributed by atoms with E-state index in [4.69, 9.17) is 0 Å². The van der Waals surface area contributed by atoms with Gasteiger partial charge in [0.1, 0.15) is 0 Å². The maximum Gasteiger partial charge on any atom is 0.0491 e. The predicted molar refractivity (Wildman–Crippen MR) is 72.8 cm³/mol. The van der Waals surface area contributed by atoms with Crippen LogP contribution in [0.4, 0.5) is 0 Å². The first-order chi connectivity index (χ1) is 7.81. The van der Waals surface area contributed by atoms with E-state index in [1.54, 1.807) is 0 Å². The number of fused-ring (bicyclic) bond motifs is 1. The summed E-state index contributed by atoms with van der Waals surface area (Å²) in [7, 11) is 2.00. The van der Waals surface area contributed by atoms with E-state index in [-0.39, 0.29) is 0 Å². The Morgan fingerprint density at radius 3 is 2.94 bits per heavy atom. The summed E-state index contributed by atoms with van der Waals surface area (Å²) in [6, 6.07) is 8.62. The third kappa shape index (κ3) is 2.66. The average Bonchev–Trinajstić information content (AvgIpc) is 2.67. The lowest BCUT2D eigenvalue weighted by atomic mass is 10.2. The van der Waals surface area contributed by atoms with Crippen LogP contribution in [0.2, 0.25) is 0 Å². The van der Waals surface area contributed by atoms with Crippen molar-refractivity contribution in [3.05, 3.63) is 34.9 Å². The van der Waals surface area contributed by atoms with Crippen molar-refractivity contribution in [2.24, 2.45) is 0 Å². The number of benzene rings is 1. The largest absolute Gasteiger partial charge is 0.347 e. The van der Waals surface area contributed by atoms with Gasteiger partial charge in [-0.25, -0.2) is 0 Å². The molecule has 86 valence electrons. The number of rotatable bonds is 5. The third-order valence-corrected chi connectivity index (χ3v) is 3.30. The summed E-state index contributed by atoms with van der Waals surface area (Å²) in [5.74, 6) is 0. The molecule has 1 heterocycles. The highest BCUT2D eigenvalue weighted by Crippen LogP contribution is 2.21. The lowest BCUT2D eigenvalue weighted by Crippen LogP contribution is -2.08. The molecule has 0 fully saturated rings. The van der Waals surface area contributed by atoms with Gasteiger partial charge in [0.15, 0.2) is 0 Å². The van der Waals surface area contributed by atoms with Gasteiger partial charge in [-0.1, -0.05) is 22.0 Å². The first-order valence-electron chi connectivity index (χ1n) is 5.70. The van der Waals surface area contributed by atoms with E-state index >= 15 is 0 Å². The van der Waals surface area contributed by atoms with E-state index in [9.17, 15) is 0 Å². The van der Waals surface area contributed by atoms with Crippen molar-refractivity contribution in [2.45, 2.75) is 19.4 Å². The SMILES string of the molecule is CNCCCCn1ccc2ccc(Br)cc21. The van der Waals surface area contributed by atoms with Crippen molar-refractivity contribution in [1.29, 1.82) is 0 Å². The van der Waals surface area contributed by atoms with Crippen molar-refractivity contribution in [2.75, 3.05) is 13.6 Å². The Morgan fingerprint density at radius 1 is 1.25 bits per heavy atom. The van der Waals surface area contributed by atoms with Crippen LogP contribution in [0.15, 0.2) is 34.9 Å². The van der Waals surface area contributed by atoms with E-state index in [2.05, 4.69) is 56.3 Å². The molecule has 0 aliphatic carbocycles. The van der Waals surface area contributed by atoms with Gasteiger partial charge in [-0.05, 0) is 50.0 Å². The van der Waals surface area contributed by atoms with Crippen LogP contribution in [0.5, 0.6) is 0 Å². The molecule has 0 unspecified atom stereocenters. The number of aromatic nitrogens is 1. The molecule has 0 bridgehead atoms. The molecule has 1 N–H and O–H groups in total. The van der Waals surface area contributed by atoms with E-state index in [0.29, 0.717) is 0 Å². The van der Waals surface area contributed by atoms with E-state index < -0.39 is 0 Å². The van der Waals surface area contributed by atoms with E-state index in [0.717, 1.165) is 17.6 Å². The number of hydrogen-bond donors (Lipinski definition) is 1. The highest BCUT2D eigenvalue weighted by Gasteiger charge is 2.00. The van der Waals surface area contributed by atoms with Crippen LogP contribution in [-0.4, -0.2) is 18.2 Å². The molecule has 0 saturated carbocycles. The molecule has 3 heteroatoms. The van der Waals surface area contributed by atoms with Crippen LogP contribution >= 0.6 is 15.9 Å². The summed E-state index contributed by atoms with van der Waals surface area (Å²) in [4.78, 5) is 0. The highest BCUT2D eigenvalue weighted by molar-refractivity contribution is 9.10. The third-order valence-electron chi connectivity index (χ3n) is 2.81. The smallest absolute Gasteiger partial charge is 0.0491 e. The Balaban J connectivity index is 2.09. The molecule has 2 rings (SSSR count). The molecule has 1 aromatic carbocycles. The van der Waals surface area contributed by atoms with Crippen molar-refractivity contribution >= 4 is 26.8 Å². The van der Waals surface area contributed by atoms with Crippen molar-refractivity contribution < 1.29 is 0 Å². The van der Waals surface area contributed by atoms with Crippen LogP contribution in [0.1, 0.15) is 12.8 Å². The number of halogens is 1.